The van der Waals surface area contributed by atoms with Crippen LogP contribution in [0.15, 0.2) is 35.7 Å². The highest BCUT2D eigenvalue weighted by Crippen LogP contribution is 2.26. The molecule has 0 unspecified atom stereocenters. The number of hydrogen-bond acceptors (Lipinski definition) is 4. The normalized spacial score (nSPS) is 25.0. The molecule has 0 amide bonds. The molecule has 0 radical (unpaired) electrons. The lowest BCUT2D eigenvalue weighted by Crippen LogP contribution is -2.43. The molecular weight excluding hydrogens is 302 g/mol. The van der Waals surface area contributed by atoms with Crippen molar-refractivity contribution in [3.05, 3.63) is 41.3 Å². The largest absolute Gasteiger partial charge is 0.350 e. The molecule has 0 saturated carbocycles. The predicted molar refractivity (Wildman–Crippen MR) is 84.4 cm³/mol. The van der Waals surface area contributed by atoms with Crippen LogP contribution in [0.5, 0.6) is 0 Å². The van der Waals surface area contributed by atoms with E-state index in [-0.39, 0.29) is 12.2 Å². The zero-order valence-electron chi connectivity index (χ0n) is 12.4. The van der Waals surface area contributed by atoms with Gasteiger partial charge in [0.2, 0.25) is 10.0 Å². The Labute approximate surface area is 131 Å². The number of hydrogen-bond donors (Lipinski definition) is 0. The zero-order chi connectivity index (χ0) is 15.4. The van der Waals surface area contributed by atoms with Crippen LogP contribution in [0.3, 0.4) is 0 Å². The molecule has 0 N–H and O–H groups in total. The molecule has 0 aromatic heterocycles. The smallest absolute Gasteiger partial charge is 0.236 e. The van der Waals surface area contributed by atoms with E-state index in [0.717, 1.165) is 18.4 Å². The molecule has 1 aromatic carbocycles. The molecule has 0 spiro atoms. The maximum absolute atomic E-state index is 12.5. The van der Waals surface area contributed by atoms with Gasteiger partial charge in [0.1, 0.15) is 0 Å². The molecule has 2 fully saturated rings. The highest BCUT2D eigenvalue weighted by atomic mass is 32.2. The third-order valence-electron chi connectivity index (χ3n) is 4.04. The van der Waals surface area contributed by atoms with Crippen molar-refractivity contribution in [3.63, 3.8) is 0 Å². The summed E-state index contributed by atoms with van der Waals surface area (Å²) in [5, 5.41) is 1.29. The van der Waals surface area contributed by atoms with Gasteiger partial charge in [-0.3, -0.25) is 0 Å². The first-order chi connectivity index (χ1) is 10.6. The Morgan fingerprint density at radius 1 is 1.14 bits per heavy atom. The average molecular weight is 323 g/mol. The van der Waals surface area contributed by atoms with Crippen LogP contribution in [-0.2, 0) is 19.5 Å². The van der Waals surface area contributed by atoms with Crippen molar-refractivity contribution >= 4 is 16.1 Å². The van der Waals surface area contributed by atoms with E-state index in [4.69, 9.17) is 9.47 Å². The summed E-state index contributed by atoms with van der Waals surface area (Å²) in [6, 6.07) is 9.44. The molecule has 120 valence electrons. The lowest BCUT2D eigenvalue weighted by molar-refractivity contribution is -0.0939. The summed E-state index contributed by atoms with van der Waals surface area (Å²) >= 11 is 0. The van der Waals surface area contributed by atoms with Crippen molar-refractivity contribution in [1.29, 1.82) is 0 Å². The number of rotatable bonds is 4. The van der Waals surface area contributed by atoms with E-state index in [1.807, 2.05) is 30.3 Å². The van der Waals surface area contributed by atoms with Crippen LogP contribution < -0.4 is 0 Å². The van der Waals surface area contributed by atoms with Gasteiger partial charge in [-0.1, -0.05) is 30.3 Å². The molecule has 2 aliphatic rings. The molecule has 5 nitrogen and oxygen atoms in total. The molecule has 1 aromatic rings. The SMILES string of the molecule is O=S(=O)(/C=C/c1ccccc1)N1CCC[C@H](C2OCCO2)C1. The first-order valence-corrected chi connectivity index (χ1v) is 9.12. The van der Waals surface area contributed by atoms with E-state index in [1.54, 1.807) is 6.08 Å². The van der Waals surface area contributed by atoms with Crippen molar-refractivity contribution < 1.29 is 17.9 Å². The van der Waals surface area contributed by atoms with Crippen LogP contribution in [0.1, 0.15) is 18.4 Å². The second kappa shape index (κ2) is 6.91. The van der Waals surface area contributed by atoms with Gasteiger partial charge >= 0.3 is 0 Å². The van der Waals surface area contributed by atoms with Gasteiger partial charge < -0.3 is 9.47 Å². The molecule has 1 atom stereocenters. The summed E-state index contributed by atoms with van der Waals surface area (Å²) in [4.78, 5) is 0. The summed E-state index contributed by atoms with van der Waals surface area (Å²) in [6.45, 7) is 2.22. The minimum Gasteiger partial charge on any atom is -0.350 e. The Balaban J connectivity index is 1.67. The van der Waals surface area contributed by atoms with Crippen LogP contribution >= 0.6 is 0 Å². The monoisotopic (exact) mass is 323 g/mol. The number of piperidine rings is 1. The lowest BCUT2D eigenvalue weighted by Gasteiger charge is -2.33. The van der Waals surface area contributed by atoms with Crippen molar-refractivity contribution in [1.82, 2.24) is 4.31 Å². The number of sulfonamides is 1. The van der Waals surface area contributed by atoms with E-state index in [1.165, 1.54) is 9.71 Å². The first kappa shape index (κ1) is 15.7. The molecule has 6 heteroatoms. The van der Waals surface area contributed by atoms with Gasteiger partial charge in [0.25, 0.3) is 0 Å². The molecular formula is C16H21NO4S. The lowest BCUT2D eigenvalue weighted by atomic mass is 9.99. The molecule has 0 aliphatic carbocycles. The van der Waals surface area contributed by atoms with E-state index in [0.29, 0.717) is 26.3 Å². The Morgan fingerprint density at radius 2 is 1.86 bits per heavy atom. The highest BCUT2D eigenvalue weighted by Gasteiger charge is 2.34. The highest BCUT2D eigenvalue weighted by molar-refractivity contribution is 7.92. The third kappa shape index (κ3) is 3.76. The Hall–Kier alpha value is -1.21. The van der Waals surface area contributed by atoms with Gasteiger partial charge in [-0.25, -0.2) is 8.42 Å². The third-order valence-corrected chi connectivity index (χ3v) is 5.58. The summed E-state index contributed by atoms with van der Waals surface area (Å²) in [6.07, 6.45) is 3.17. The first-order valence-electron chi connectivity index (χ1n) is 7.62. The Morgan fingerprint density at radius 3 is 2.59 bits per heavy atom. The van der Waals surface area contributed by atoms with Crippen LogP contribution in [0.4, 0.5) is 0 Å². The quantitative estimate of drug-likeness (QED) is 0.851. The minimum atomic E-state index is -3.40. The van der Waals surface area contributed by atoms with Gasteiger partial charge in [0, 0.05) is 24.4 Å². The predicted octanol–water partition coefficient (Wildman–Crippen LogP) is 2.07. The van der Waals surface area contributed by atoms with E-state index < -0.39 is 10.0 Å². The van der Waals surface area contributed by atoms with Crippen LogP contribution in [0.25, 0.3) is 6.08 Å². The molecule has 2 heterocycles. The second-order valence-electron chi connectivity index (χ2n) is 5.63. The maximum atomic E-state index is 12.5. The maximum Gasteiger partial charge on any atom is 0.236 e. The molecule has 2 aliphatic heterocycles. The summed E-state index contributed by atoms with van der Waals surface area (Å²) in [5.41, 5.74) is 0.877. The van der Waals surface area contributed by atoms with Crippen molar-refractivity contribution in [2.45, 2.75) is 19.1 Å². The van der Waals surface area contributed by atoms with Gasteiger partial charge in [-0.05, 0) is 24.5 Å². The summed E-state index contributed by atoms with van der Waals surface area (Å²) in [7, 11) is -3.40. The van der Waals surface area contributed by atoms with Crippen LogP contribution in [-0.4, -0.2) is 45.3 Å². The molecule has 22 heavy (non-hydrogen) atoms. The Bertz CT molecular complexity index is 608. The molecule has 0 bridgehead atoms. The second-order valence-corrected chi connectivity index (χ2v) is 7.45. The number of nitrogens with zero attached hydrogens (tertiary/aromatic N) is 1. The van der Waals surface area contributed by atoms with E-state index in [2.05, 4.69) is 0 Å². The molecule has 3 rings (SSSR count). The van der Waals surface area contributed by atoms with Crippen molar-refractivity contribution in [2.24, 2.45) is 5.92 Å². The fourth-order valence-electron chi connectivity index (χ4n) is 2.89. The van der Waals surface area contributed by atoms with Gasteiger partial charge in [-0.15, -0.1) is 0 Å². The zero-order valence-corrected chi connectivity index (χ0v) is 13.2. The van der Waals surface area contributed by atoms with Crippen molar-refractivity contribution in [2.75, 3.05) is 26.3 Å². The van der Waals surface area contributed by atoms with Gasteiger partial charge in [0.05, 0.1) is 13.2 Å². The van der Waals surface area contributed by atoms with Crippen LogP contribution in [0, 0.1) is 5.92 Å². The van der Waals surface area contributed by atoms with Crippen molar-refractivity contribution in [3.8, 4) is 0 Å². The minimum absolute atomic E-state index is 0.121. The topological polar surface area (TPSA) is 55.8 Å². The fraction of sp³-hybridized carbons (Fsp3) is 0.500. The van der Waals surface area contributed by atoms with Gasteiger partial charge in [0.15, 0.2) is 6.29 Å². The Kier molecular flexibility index (Phi) is 4.93. The van der Waals surface area contributed by atoms with E-state index in [9.17, 15) is 8.42 Å². The number of ether oxygens (including phenoxy) is 2. The average Bonchev–Trinajstić information content (AvgIpc) is 3.09. The van der Waals surface area contributed by atoms with Gasteiger partial charge in [-0.2, -0.15) is 4.31 Å². The van der Waals surface area contributed by atoms with Crippen LogP contribution in [0.2, 0.25) is 0 Å². The number of benzene rings is 1. The summed E-state index contributed by atoms with van der Waals surface area (Å²) < 4.78 is 37.5. The summed E-state index contributed by atoms with van der Waals surface area (Å²) in [5.74, 6) is 0.121. The standard InChI is InChI=1S/C16H21NO4S/c18-22(19,12-8-14-5-2-1-3-6-14)17-9-4-7-15(13-17)16-20-10-11-21-16/h1-3,5-6,8,12,15-16H,4,7,9-11,13H2/b12-8+/t15-/m0/s1. The fourth-order valence-corrected chi connectivity index (χ4v) is 4.17. The molecule has 2 saturated heterocycles. The van der Waals surface area contributed by atoms with E-state index >= 15 is 0 Å².